The Bertz CT molecular complexity index is 587. The number of hydrogen-bond acceptors (Lipinski definition) is 4. The molecule has 1 aromatic rings. The highest BCUT2D eigenvalue weighted by atomic mass is 16.4. The zero-order valence-corrected chi connectivity index (χ0v) is 14.4. The summed E-state index contributed by atoms with van der Waals surface area (Å²) >= 11 is 0. The first-order chi connectivity index (χ1) is 10.5. The monoisotopic (exact) mass is 318 g/mol. The molecule has 0 aliphatic rings. The molecule has 0 saturated carbocycles. The number of nitrogens with two attached hydrogens (primary N) is 1. The maximum absolute atomic E-state index is 10.5. The fourth-order valence-electron chi connectivity index (χ4n) is 1.59. The third kappa shape index (κ3) is 6.98. The van der Waals surface area contributed by atoms with Gasteiger partial charge in [-0.2, -0.15) is 5.26 Å². The SMILES string of the molecule is CC(C)C(C)(N)C(C)C.N#C/C(=C\c1cccc(O)c1)C(=O)O. The van der Waals surface area contributed by atoms with Gasteiger partial charge in [0.2, 0.25) is 0 Å². The lowest BCUT2D eigenvalue weighted by molar-refractivity contribution is -0.132. The van der Waals surface area contributed by atoms with Crippen LogP contribution in [0.2, 0.25) is 0 Å². The molecule has 0 aliphatic carbocycles. The topological polar surface area (TPSA) is 107 Å². The Morgan fingerprint density at radius 1 is 1.30 bits per heavy atom. The number of hydrogen-bond donors (Lipinski definition) is 3. The number of carboxylic acids is 1. The summed E-state index contributed by atoms with van der Waals surface area (Å²) in [5.41, 5.74) is 6.11. The largest absolute Gasteiger partial charge is 0.508 e. The first-order valence-electron chi connectivity index (χ1n) is 7.45. The van der Waals surface area contributed by atoms with E-state index in [0.29, 0.717) is 17.4 Å². The zero-order chi connectivity index (χ0) is 18.2. The summed E-state index contributed by atoms with van der Waals surface area (Å²) in [6.07, 6.45) is 1.20. The number of phenolic OH excluding ortho intramolecular Hbond substituents is 1. The van der Waals surface area contributed by atoms with Crippen molar-refractivity contribution in [3.05, 3.63) is 35.4 Å². The van der Waals surface area contributed by atoms with Gasteiger partial charge in [-0.05, 0) is 42.5 Å². The van der Waals surface area contributed by atoms with Crippen LogP contribution >= 0.6 is 0 Å². The Hall–Kier alpha value is -2.32. The Balaban J connectivity index is 0.000000468. The van der Waals surface area contributed by atoms with E-state index in [1.165, 1.54) is 18.2 Å². The van der Waals surface area contributed by atoms with Gasteiger partial charge < -0.3 is 15.9 Å². The third-order valence-electron chi connectivity index (χ3n) is 4.02. The standard InChI is InChI=1S/C10H7NO3.C8H19N/c11-6-8(10(13)14)4-7-2-1-3-9(12)5-7;1-6(2)8(5,9)7(3)4/h1-5,12H,(H,13,14);6-7H,9H2,1-5H3/b8-4+;. The summed E-state index contributed by atoms with van der Waals surface area (Å²) in [5.74, 6) is -0.118. The fourth-order valence-corrected chi connectivity index (χ4v) is 1.59. The molecule has 0 amide bonds. The molecule has 1 rings (SSSR count). The van der Waals surface area contributed by atoms with Gasteiger partial charge in [-0.3, -0.25) is 0 Å². The van der Waals surface area contributed by atoms with Crippen LogP contribution in [0.15, 0.2) is 29.8 Å². The molecule has 0 saturated heterocycles. The molecular weight excluding hydrogens is 292 g/mol. The summed E-state index contributed by atoms with van der Waals surface area (Å²) < 4.78 is 0. The molecule has 0 bridgehead atoms. The Morgan fingerprint density at radius 3 is 2.13 bits per heavy atom. The lowest BCUT2D eigenvalue weighted by Gasteiger charge is -2.33. The molecule has 0 aromatic heterocycles. The number of nitriles is 1. The van der Waals surface area contributed by atoms with Crippen molar-refractivity contribution in [2.24, 2.45) is 17.6 Å². The highest BCUT2D eigenvalue weighted by molar-refractivity contribution is 5.96. The predicted molar refractivity (Wildman–Crippen MR) is 91.6 cm³/mol. The van der Waals surface area contributed by atoms with Crippen molar-refractivity contribution in [1.82, 2.24) is 0 Å². The number of rotatable bonds is 4. The van der Waals surface area contributed by atoms with Gasteiger partial charge in [0.1, 0.15) is 17.4 Å². The summed E-state index contributed by atoms with van der Waals surface area (Å²) in [6.45, 7) is 10.8. The first-order valence-corrected chi connectivity index (χ1v) is 7.45. The van der Waals surface area contributed by atoms with E-state index in [-0.39, 0.29) is 16.9 Å². The second-order valence-electron chi connectivity index (χ2n) is 6.25. The number of aliphatic carboxylic acids is 1. The van der Waals surface area contributed by atoms with E-state index in [4.69, 9.17) is 21.2 Å². The second-order valence-corrected chi connectivity index (χ2v) is 6.25. The van der Waals surface area contributed by atoms with Crippen LogP contribution in [0, 0.1) is 23.2 Å². The van der Waals surface area contributed by atoms with Crippen molar-refractivity contribution in [3.8, 4) is 11.8 Å². The van der Waals surface area contributed by atoms with Crippen molar-refractivity contribution in [2.45, 2.75) is 40.2 Å². The van der Waals surface area contributed by atoms with Crippen LogP contribution in [0.1, 0.15) is 40.2 Å². The van der Waals surface area contributed by atoms with E-state index in [1.54, 1.807) is 18.2 Å². The fraction of sp³-hybridized carbons (Fsp3) is 0.444. The third-order valence-corrected chi connectivity index (χ3v) is 4.02. The van der Waals surface area contributed by atoms with Gasteiger partial charge in [0.05, 0.1) is 0 Å². The maximum Gasteiger partial charge on any atom is 0.346 e. The minimum atomic E-state index is -1.28. The van der Waals surface area contributed by atoms with Crippen molar-refractivity contribution in [2.75, 3.05) is 0 Å². The number of benzene rings is 1. The summed E-state index contributed by atoms with van der Waals surface area (Å²) in [7, 11) is 0. The van der Waals surface area contributed by atoms with Gasteiger partial charge in [-0.15, -0.1) is 0 Å². The minimum Gasteiger partial charge on any atom is -0.508 e. The van der Waals surface area contributed by atoms with Crippen LogP contribution in [-0.4, -0.2) is 21.7 Å². The van der Waals surface area contributed by atoms with E-state index in [9.17, 15) is 4.79 Å². The molecule has 23 heavy (non-hydrogen) atoms. The molecule has 0 unspecified atom stereocenters. The van der Waals surface area contributed by atoms with Gasteiger partial charge >= 0.3 is 5.97 Å². The van der Waals surface area contributed by atoms with E-state index in [1.807, 2.05) is 0 Å². The molecule has 5 heteroatoms. The van der Waals surface area contributed by atoms with Crippen molar-refractivity contribution < 1.29 is 15.0 Å². The Morgan fingerprint density at radius 2 is 1.83 bits per heavy atom. The van der Waals surface area contributed by atoms with Crippen molar-refractivity contribution >= 4 is 12.0 Å². The van der Waals surface area contributed by atoms with Gasteiger partial charge in [0, 0.05) is 5.54 Å². The molecule has 0 aliphatic heterocycles. The molecule has 1 aromatic carbocycles. The number of carbonyl (C=O) groups is 1. The molecule has 5 nitrogen and oxygen atoms in total. The maximum atomic E-state index is 10.5. The van der Waals surface area contributed by atoms with Crippen LogP contribution in [0.5, 0.6) is 5.75 Å². The van der Waals surface area contributed by atoms with Crippen LogP contribution < -0.4 is 5.73 Å². The first kappa shape index (κ1) is 20.7. The normalized spacial score (nSPS) is 11.7. The molecule has 0 radical (unpaired) electrons. The smallest absolute Gasteiger partial charge is 0.346 e. The second kappa shape index (κ2) is 8.96. The van der Waals surface area contributed by atoms with Gasteiger partial charge in [-0.1, -0.05) is 39.8 Å². The summed E-state index contributed by atoms with van der Waals surface area (Å²) in [4.78, 5) is 10.5. The van der Waals surface area contributed by atoms with E-state index in [2.05, 4.69) is 34.6 Å². The highest BCUT2D eigenvalue weighted by Gasteiger charge is 2.26. The molecule has 0 atom stereocenters. The van der Waals surface area contributed by atoms with Crippen LogP contribution in [0.3, 0.4) is 0 Å². The van der Waals surface area contributed by atoms with Gasteiger partial charge in [0.25, 0.3) is 0 Å². The average molecular weight is 318 g/mol. The van der Waals surface area contributed by atoms with Crippen molar-refractivity contribution in [1.29, 1.82) is 5.26 Å². The number of nitrogens with zero attached hydrogens (tertiary/aromatic N) is 1. The predicted octanol–water partition coefficient (Wildman–Crippen LogP) is 3.40. The van der Waals surface area contributed by atoms with Gasteiger partial charge in [0.15, 0.2) is 0 Å². The molecular formula is C18H26N2O3. The van der Waals surface area contributed by atoms with Crippen LogP contribution in [0.4, 0.5) is 0 Å². The van der Waals surface area contributed by atoms with Crippen LogP contribution in [0.25, 0.3) is 6.08 Å². The number of aromatic hydroxyl groups is 1. The van der Waals surface area contributed by atoms with E-state index < -0.39 is 5.97 Å². The Labute approximate surface area is 138 Å². The van der Waals surface area contributed by atoms with Crippen molar-refractivity contribution in [3.63, 3.8) is 0 Å². The summed E-state index contributed by atoms with van der Waals surface area (Å²) in [6, 6.07) is 7.55. The summed E-state index contributed by atoms with van der Waals surface area (Å²) in [5, 5.41) is 26.1. The van der Waals surface area contributed by atoms with E-state index in [0.717, 1.165) is 0 Å². The van der Waals surface area contributed by atoms with Crippen LogP contribution in [-0.2, 0) is 4.79 Å². The molecule has 4 N–H and O–H groups in total. The number of carboxylic acid groups (broad SMARTS) is 1. The lowest BCUT2D eigenvalue weighted by Crippen LogP contribution is -2.46. The minimum absolute atomic E-state index is 0.000000000000000222. The zero-order valence-electron chi connectivity index (χ0n) is 14.4. The quantitative estimate of drug-likeness (QED) is 0.582. The average Bonchev–Trinajstić information content (AvgIpc) is 2.44. The molecule has 0 fully saturated rings. The molecule has 0 spiro atoms. The highest BCUT2D eigenvalue weighted by Crippen LogP contribution is 2.21. The number of phenols is 1. The molecule has 0 heterocycles. The molecule has 126 valence electrons. The van der Waals surface area contributed by atoms with E-state index >= 15 is 0 Å². The Kier molecular flexibility index (Phi) is 8.06. The lowest BCUT2D eigenvalue weighted by atomic mass is 9.80. The van der Waals surface area contributed by atoms with Gasteiger partial charge in [-0.25, -0.2) is 4.79 Å².